The average Bonchev–Trinajstić information content (AvgIpc) is 2.90. The SMILES string of the molecule is CCCCCCCC[N+](C)(CCCCCCCC)CCCCCCCC.Cc1cc(C(C)(C)C)c([O-])c(C(C)(C)C)c1. The number of aryl methyl sites for hydroxylation is 1. The summed E-state index contributed by atoms with van der Waals surface area (Å²) in [5.41, 5.74) is 2.87. The highest BCUT2D eigenvalue weighted by Gasteiger charge is 2.22. The number of nitrogens with zero attached hydrogens (tertiary/aromatic N) is 1. The van der Waals surface area contributed by atoms with Gasteiger partial charge in [-0.25, -0.2) is 0 Å². The fraction of sp³-hybridized carbons (Fsp3) is 0.850. The van der Waals surface area contributed by atoms with Gasteiger partial charge in [0.05, 0.1) is 26.7 Å². The molecule has 0 amide bonds. The van der Waals surface area contributed by atoms with E-state index in [0.29, 0.717) is 0 Å². The molecule has 2 heteroatoms. The van der Waals surface area contributed by atoms with E-state index in [-0.39, 0.29) is 16.6 Å². The maximum atomic E-state index is 12.4. The van der Waals surface area contributed by atoms with E-state index in [0.717, 1.165) is 11.1 Å². The average molecular weight is 588 g/mol. The van der Waals surface area contributed by atoms with Crippen LogP contribution in [0.1, 0.15) is 195 Å². The lowest BCUT2D eigenvalue weighted by atomic mass is 9.78. The highest BCUT2D eigenvalue weighted by Crippen LogP contribution is 2.37. The van der Waals surface area contributed by atoms with Gasteiger partial charge in [0, 0.05) is 0 Å². The fourth-order valence-corrected chi connectivity index (χ4v) is 6.04. The lowest BCUT2D eigenvalue weighted by Gasteiger charge is -2.35. The van der Waals surface area contributed by atoms with Crippen LogP contribution in [0.2, 0.25) is 0 Å². The van der Waals surface area contributed by atoms with Gasteiger partial charge in [-0.15, -0.1) is 5.75 Å². The molecule has 0 aliphatic carbocycles. The first-order valence-electron chi connectivity index (χ1n) is 18.4. The van der Waals surface area contributed by atoms with E-state index in [1.54, 1.807) is 0 Å². The van der Waals surface area contributed by atoms with Crippen LogP contribution >= 0.6 is 0 Å². The van der Waals surface area contributed by atoms with Crippen molar-refractivity contribution < 1.29 is 9.59 Å². The first kappa shape index (κ1) is 41.0. The molecule has 248 valence electrons. The molecule has 1 rings (SSSR count). The Morgan fingerprint density at radius 2 is 0.762 bits per heavy atom. The van der Waals surface area contributed by atoms with Crippen molar-refractivity contribution in [3.8, 4) is 5.75 Å². The molecule has 0 heterocycles. The molecule has 0 aromatic heterocycles. The highest BCUT2D eigenvalue weighted by atomic mass is 16.3. The Kier molecular flexibility index (Phi) is 21.9. The van der Waals surface area contributed by atoms with Crippen molar-refractivity contribution in [1.82, 2.24) is 0 Å². The van der Waals surface area contributed by atoms with Gasteiger partial charge in [0.1, 0.15) is 0 Å². The van der Waals surface area contributed by atoms with Gasteiger partial charge < -0.3 is 9.59 Å². The van der Waals surface area contributed by atoms with Crippen LogP contribution in [0.4, 0.5) is 0 Å². The minimum atomic E-state index is -0.0803. The predicted molar refractivity (Wildman–Crippen MR) is 189 cm³/mol. The van der Waals surface area contributed by atoms with Crippen LogP contribution in [0.25, 0.3) is 0 Å². The van der Waals surface area contributed by atoms with Gasteiger partial charge in [-0.05, 0) is 67.4 Å². The molecule has 0 fully saturated rings. The molecular formula is C40H77NO. The minimum absolute atomic E-state index is 0.0803. The summed E-state index contributed by atoms with van der Waals surface area (Å²) in [5.74, 6) is 0.214. The van der Waals surface area contributed by atoms with Gasteiger partial charge in [0.15, 0.2) is 0 Å². The summed E-state index contributed by atoms with van der Waals surface area (Å²) < 4.78 is 1.36. The Hall–Kier alpha value is -1.02. The summed E-state index contributed by atoms with van der Waals surface area (Å²) >= 11 is 0. The summed E-state index contributed by atoms with van der Waals surface area (Å²) in [7, 11) is 2.56. The Morgan fingerprint density at radius 3 is 1.02 bits per heavy atom. The Morgan fingerprint density at radius 1 is 0.500 bits per heavy atom. The summed E-state index contributed by atoms with van der Waals surface area (Å²) in [4.78, 5) is 0. The molecule has 0 bridgehead atoms. The normalized spacial score (nSPS) is 12.4. The van der Waals surface area contributed by atoms with Gasteiger partial charge in [-0.3, -0.25) is 0 Å². The second-order valence-corrected chi connectivity index (χ2v) is 15.8. The summed E-state index contributed by atoms with van der Waals surface area (Å²) in [6.45, 7) is 25.8. The molecule has 0 atom stereocenters. The van der Waals surface area contributed by atoms with Crippen LogP contribution in [-0.4, -0.2) is 31.2 Å². The summed E-state index contributed by atoms with van der Waals surface area (Å²) in [6, 6.07) is 4.05. The molecular weight excluding hydrogens is 510 g/mol. The summed E-state index contributed by atoms with van der Waals surface area (Å²) in [6.07, 6.45) is 25.9. The quantitative estimate of drug-likeness (QED) is 0.104. The molecule has 0 saturated carbocycles. The van der Waals surface area contributed by atoms with Crippen LogP contribution < -0.4 is 5.11 Å². The topological polar surface area (TPSA) is 23.1 Å². The Bertz CT molecular complexity index is 706. The smallest absolute Gasteiger partial charge is 0.0784 e. The van der Waals surface area contributed by atoms with E-state index in [1.807, 2.05) is 12.1 Å². The molecule has 0 radical (unpaired) electrons. The molecule has 0 N–H and O–H groups in total. The van der Waals surface area contributed by atoms with Crippen molar-refractivity contribution in [1.29, 1.82) is 0 Å². The third kappa shape index (κ3) is 19.3. The van der Waals surface area contributed by atoms with Gasteiger partial charge in [0.25, 0.3) is 0 Å². The lowest BCUT2D eigenvalue weighted by Crippen LogP contribution is -2.46. The van der Waals surface area contributed by atoms with Gasteiger partial charge in [-0.2, -0.15) is 0 Å². The minimum Gasteiger partial charge on any atom is -0.872 e. The Balaban J connectivity index is 0.000000893. The standard InChI is InChI=1S/C25H54N.C15H24O/c1-5-8-11-14-17-20-23-26(4,24-21-18-15-12-9-6-2)25-22-19-16-13-10-7-3;1-10-8-11(14(2,3)4)13(16)12(9-10)15(5,6)7/h5-25H2,1-4H3;8-9,16H,1-7H3/q+1;/p-1. The Labute approximate surface area is 266 Å². The van der Waals surface area contributed by atoms with Crippen LogP contribution in [0.15, 0.2) is 12.1 Å². The van der Waals surface area contributed by atoms with Crippen molar-refractivity contribution in [3.63, 3.8) is 0 Å². The molecule has 0 aliphatic heterocycles. The summed E-state index contributed by atoms with van der Waals surface area (Å²) in [5, 5.41) is 12.4. The highest BCUT2D eigenvalue weighted by molar-refractivity contribution is 5.48. The van der Waals surface area contributed by atoms with Crippen LogP contribution in [0, 0.1) is 6.92 Å². The number of quaternary nitrogens is 1. The molecule has 1 aromatic rings. The van der Waals surface area contributed by atoms with Crippen molar-refractivity contribution >= 4 is 0 Å². The largest absolute Gasteiger partial charge is 0.872 e. The molecule has 42 heavy (non-hydrogen) atoms. The molecule has 1 aromatic carbocycles. The van der Waals surface area contributed by atoms with E-state index in [1.165, 1.54) is 145 Å². The van der Waals surface area contributed by atoms with Crippen molar-refractivity contribution in [3.05, 3.63) is 28.8 Å². The number of benzene rings is 1. The van der Waals surface area contributed by atoms with Gasteiger partial charge in [0.2, 0.25) is 0 Å². The first-order valence-corrected chi connectivity index (χ1v) is 18.4. The zero-order valence-electron chi connectivity index (χ0n) is 30.9. The van der Waals surface area contributed by atoms with Crippen LogP contribution in [0.5, 0.6) is 5.75 Å². The first-order chi connectivity index (χ1) is 19.7. The van der Waals surface area contributed by atoms with Gasteiger partial charge >= 0.3 is 0 Å². The third-order valence-corrected chi connectivity index (χ3v) is 9.00. The molecule has 2 nitrogen and oxygen atoms in total. The van der Waals surface area contributed by atoms with E-state index in [9.17, 15) is 5.11 Å². The van der Waals surface area contributed by atoms with Crippen LogP contribution in [-0.2, 0) is 10.8 Å². The molecule has 0 spiro atoms. The van der Waals surface area contributed by atoms with E-state index in [4.69, 9.17) is 0 Å². The zero-order chi connectivity index (χ0) is 32.1. The van der Waals surface area contributed by atoms with E-state index >= 15 is 0 Å². The predicted octanol–water partition coefficient (Wildman–Crippen LogP) is 12.2. The van der Waals surface area contributed by atoms with E-state index < -0.39 is 0 Å². The number of rotatable bonds is 21. The fourth-order valence-electron chi connectivity index (χ4n) is 6.04. The lowest BCUT2D eigenvalue weighted by molar-refractivity contribution is -0.910. The maximum Gasteiger partial charge on any atom is 0.0784 e. The van der Waals surface area contributed by atoms with E-state index in [2.05, 4.69) is 76.3 Å². The van der Waals surface area contributed by atoms with Crippen LogP contribution in [0.3, 0.4) is 0 Å². The second-order valence-electron chi connectivity index (χ2n) is 15.8. The number of hydrogen-bond donors (Lipinski definition) is 0. The van der Waals surface area contributed by atoms with Crippen molar-refractivity contribution in [2.24, 2.45) is 0 Å². The van der Waals surface area contributed by atoms with Crippen molar-refractivity contribution in [2.75, 3.05) is 26.7 Å². The third-order valence-electron chi connectivity index (χ3n) is 9.00. The van der Waals surface area contributed by atoms with Gasteiger partial charge in [-0.1, -0.05) is 157 Å². The number of unbranched alkanes of at least 4 members (excludes halogenated alkanes) is 15. The van der Waals surface area contributed by atoms with Crippen molar-refractivity contribution in [2.45, 2.75) is 196 Å². The monoisotopic (exact) mass is 588 g/mol. The molecule has 0 aliphatic rings. The maximum absolute atomic E-state index is 12.4. The second kappa shape index (κ2) is 22.5. The molecule has 0 saturated heterocycles. The zero-order valence-corrected chi connectivity index (χ0v) is 30.9. The molecule has 0 unspecified atom stereocenters. The number of hydrogen-bond acceptors (Lipinski definition) is 1.